The van der Waals surface area contributed by atoms with E-state index in [2.05, 4.69) is 0 Å². The van der Waals surface area contributed by atoms with Crippen molar-refractivity contribution in [3.05, 3.63) is 23.5 Å². The lowest BCUT2D eigenvalue weighted by Crippen LogP contribution is -2.39. The van der Waals surface area contributed by atoms with E-state index in [0.717, 1.165) is 18.6 Å². The molecule has 0 saturated carbocycles. The van der Waals surface area contributed by atoms with Crippen LogP contribution in [0.1, 0.15) is 44.1 Å². The van der Waals surface area contributed by atoms with Gasteiger partial charge in [0.1, 0.15) is 5.75 Å². The number of rotatable bonds is 5. The third-order valence-corrected chi connectivity index (χ3v) is 6.10. The summed E-state index contributed by atoms with van der Waals surface area (Å²) in [7, 11) is -3.22. The Kier molecular flexibility index (Phi) is 5.28. The molecular weight excluding hydrogens is 309 g/mol. The molecule has 5 nitrogen and oxygen atoms in total. The second-order valence-corrected chi connectivity index (χ2v) is 7.79. The number of hydrogen-bond donors (Lipinski definition) is 2. The molecule has 1 aliphatic rings. The number of piperidine rings is 1. The van der Waals surface area contributed by atoms with Gasteiger partial charge in [0.15, 0.2) is 11.6 Å². The van der Waals surface area contributed by atoms with Crippen molar-refractivity contribution in [2.45, 2.75) is 38.5 Å². The monoisotopic (exact) mass is 331 g/mol. The molecule has 1 heterocycles. The maximum atomic E-state index is 13.5. The zero-order chi connectivity index (χ0) is 16.3. The third kappa shape index (κ3) is 3.70. The summed E-state index contributed by atoms with van der Waals surface area (Å²) in [4.78, 5) is 0. The molecule has 7 heteroatoms. The first kappa shape index (κ1) is 17.0. The topological polar surface area (TPSA) is 77.8 Å². The van der Waals surface area contributed by atoms with Crippen LogP contribution >= 0.6 is 0 Å². The second kappa shape index (κ2) is 6.83. The fourth-order valence-corrected chi connectivity index (χ4v) is 4.47. The molecule has 0 aromatic heterocycles. The van der Waals surface area contributed by atoms with Gasteiger partial charge in [-0.25, -0.2) is 17.1 Å². The zero-order valence-corrected chi connectivity index (χ0v) is 13.4. The number of unbranched alkanes of at least 4 members (excludes halogenated alkanes) is 1. The van der Waals surface area contributed by atoms with E-state index >= 15 is 0 Å². The maximum absolute atomic E-state index is 13.5. The predicted octanol–water partition coefficient (Wildman–Crippen LogP) is 2.55. The number of sulfonamides is 1. The summed E-state index contributed by atoms with van der Waals surface area (Å²) >= 11 is 0. The molecule has 1 saturated heterocycles. The predicted molar refractivity (Wildman–Crippen MR) is 82.0 cm³/mol. The summed E-state index contributed by atoms with van der Waals surface area (Å²) in [6, 6.07) is 2.13. The van der Waals surface area contributed by atoms with E-state index in [-0.39, 0.29) is 17.4 Å². The Morgan fingerprint density at radius 3 is 2.45 bits per heavy atom. The Morgan fingerprint density at radius 2 is 1.86 bits per heavy atom. The van der Waals surface area contributed by atoms with Gasteiger partial charge in [-0.3, -0.25) is 0 Å². The lowest BCUT2D eigenvalue weighted by Gasteiger charge is -2.31. The fourth-order valence-electron chi connectivity index (χ4n) is 2.79. The minimum absolute atomic E-state index is 0.104. The molecule has 0 atom stereocenters. The molecule has 124 valence electrons. The fraction of sp³-hybridized carbons (Fsp3) is 0.600. The third-order valence-electron chi connectivity index (χ3n) is 4.14. The standard InChI is InChI=1S/C15H22FNO4S/c1-2-3-8-22(20,21)17-6-4-11(5-7-17)12-9-13(16)15(19)10-14(12)18/h9-11,18-19H,2-8H2,1H3. The number of nitrogens with zero attached hydrogens (tertiary/aromatic N) is 1. The van der Waals surface area contributed by atoms with Crippen molar-refractivity contribution in [1.82, 2.24) is 4.31 Å². The van der Waals surface area contributed by atoms with Crippen LogP contribution in [-0.4, -0.2) is 41.8 Å². The van der Waals surface area contributed by atoms with Crippen molar-refractivity contribution >= 4 is 10.0 Å². The van der Waals surface area contributed by atoms with Crippen LogP contribution in [0, 0.1) is 5.82 Å². The van der Waals surface area contributed by atoms with E-state index in [9.17, 15) is 23.0 Å². The summed E-state index contributed by atoms with van der Waals surface area (Å²) in [5, 5.41) is 19.1. The van der Waals surface area contributed by atoms with Crippen LogP contribution in [0.2, 0.25) is 0 Å². The summed E-state index contributed by atoms with van der Waals surface area (Å²) in [6.07, 6.45) is 2.54. The number of aromatic hydroxyl groups is 2. The minimum atomic E-state index is -3.22. The molecule has 0 radical (unpaired) electrons. The van der Waals surface area contributed by atoms with Crippen molar-refractivity contribution in [3.8, 4) is 11.5 Å². The van der Waals surface area contributed by atoms with E-state index in [1.807, 2.05) is 6.92 Å². The van der Waals surface area contributed by atoms with Crippen molar-refractivity contribution in [2.24, 2.45) is 0 Å². The van der Waals surface area contributed by atoms with E-state index < -0.39 is 21.6 Å². The van der Waals surface area contributed by atoms with Gasteiger partial charge in [0, 0.05) is 24.7 Å². The molecule has 1 aromatic carbocycles. The van der Waals surface area contributed by atoms with E-state index in [4.69, 9.17) is 0 Å². The average Bonchev–Trinajstić information content (AvgIpc) is 2.49. The quantitative estimate of drug-likeness (QED) is 0.869. The lowest BCUT2D eigenvalue weighted by atomic mass is 9.89. The van der Waals surface area contributed by atoms with E-state index in [1.165, 1.54) is 4.31 Å². The van der Waals surface area contributed by atoms with Gasteiger partial charge < -0.3 is 10.2 Å². The molecule has 1 fully saturated rings. The highest BCUT2D eigenvalue weighted by atomic mass is 32.2. The highest BCUT2D eigenvalue weighted by Crippen LogP contribution is 2.37. The van der Waals surface area contributed by atoms with Crippen molar-refractivity contribution in [3.63, 3.8) is 0 Å². The maximum Gasteiger partial charge on any atom is 0.214 e. The molecule has 2 N–H and O–H groups in total. The summed E-state index contributed by atoms with van der Waals surface area (Å²) in [6.45, 7) is 2.70. The normalized spacial score (nSPS) is 17.7. The Balaban J connectivity index is 2.05. The van der Waals surface area contributed by atoms with Crippen LogP contribution in [0.5, 0.6) is 11.5 Å². The first-order valence-electron chi connectivity index (χ1n) is 7.54. The number of benzene rings is 1. The molecule has 1 aliphatic heterocycles. The number of phenolic OH excluding ortho intramolecular Hbond substituents is 2. The van der Waals surface area contributed by atoms with Crippen LogP contribution in [0.4, 0.5) is 4.39 Å². The highest BCUT2D eigenvalue weighted by Gasteiger charge is 2.29. The first-order valence-corrected chi connectivity index (χ1v) is 9.15. The van der Waals surface area contributed by atoms with Gasteiger partial charge in [-0.1, -0.05) is 13.3 Å². The minimum Gasteiger partial charge on any atom is -0.508 e. The average molecular weight is 331 g/mol. The van der Waals surface area contributed by atoms with Crippen molar-refractivity contribution < 1.29 is 23.0 Å². The van der Waals surface area contributed by atoms with Gasteiger partial charge in [0.05, 0.1) is 5.75 Å². The van der Waals surface area contributed by atoms with Crippen LogP contribution in [-0.2, 0) is 10.0 Å². The van der Waals surface area contributed by atoms with Crippen LogP contribution in [0.3, 0.4) is 0 Å². The first-order chi connectivity index (χ1) is 10.3. The Bertz CT molecular complexity index is 625. The molecule has 0 spiro atoms. The van der Waals surface area contributed by atoms with Crippen molar-refractivity contribution in [1.29, 1.82) is 0 Å². The van der Waals surface area contributed by atoms with Crippen LogP contribution in [0.25, 0.3) is 0 Å². The molecule has 22 heavy (non-hydrogen) atoms. The molecule has 0 bridgehead atoms. The van der Waals surface area contributed by atoms with Crippen LogP contribution < -0.4 is 0 Å². The summed E-state index contributed by atoms with van der Waals surface area (Å²) < 4.78 is 39.2. The van der Waals surface area contributed by atoms with E-state index in [1.54, 1.807) is 0 Å². The second-order valence-electron chi connectivity index (χ2n) is 5.71. The van der Waals surface area contributed by atoms with Crippen LogP contribution in [0.15, 0.2) is 12.1 Å². The largest absolute Gasteiger partial charge is 0.508 e. The highest BCUT2D eigenvalue weighted by molar-refractivity contribution is 7.89. The smallest absolute Gasteiger partial charge is 0.214 e. The van der Waals surface area contributed by atoms with E-state index in [0.29, 0.717) is 37.9 Å². The zero-order valence-electron chi connectivity index (χ0n) is 12.6. The number of halogens is 1. The summed E-state index contributed by atoms with van der Waals surface area (Å²) in [5.74, 6) is -1.45. The SMILES string of the molecule is CCCCS(=O)(=O)N1CCC(c2cc(F)c(O)cc2O)CC1. The van der Waals surface area contributed by atoms with Gasteiger partial charge in [-0.15, -0.1) is 0 Å². The van der Waals surface area contributed by atoms with Gasteiger partial charge in [-0.05, 0) is 31.2 Å². The Hall–Kier alpha value is -1.34. The summed E-state index contributed by atoms with van der Waals surface area (Å²) in [5.41, 5.74) is 0.431. The molecule has 0 amide bonds. The molecule has 0 unspecified atom stereocenters. The number of phenols is 2. The Labute approximate surface area is 130 Å². The van der Waals surface area contributed by atoms with Gasteiger partial charge in [-0.2, -0.15) is 0 Å². The lowest BCUT2D eigenvalue weighted by molar-refractivity contribution is 0.313. The van der Waals surface area contributed by atoms with Gasteiger partial charge in [0.2, 0.25) is 10.0 Å². The Morgan fingerprint density at radius 1 is 1.23 bits per heavy atom. The van der Waals surface area contributed by atoms with Gasteiger partial charge in [0.25, 0.3) is 0 Å². The molecule has 0 aliphatic carbocycles. The van der Waals surface area contributed by atoms with Gasteiger partial charge >= 0.3 is 0 Å². The molecule has 2 rings (SSSR count). The number of hydrogen-bond acceptors (Lipinski definition) is 4. The van der Waals surface area contributed by atoms with Crippen molar-refractivity contribution in [2.75, 3.05) is 18.8 Å². The molecular formula is C15H22FNO4S. The molecule has 1 aromatic rings.